The van der Waals surface area contributed by atoms with Gasteiger partial charge >= 0.3 is 0 Å². The average molecular weight is 382 g/mol. The molecule has 0 spiro atoms. The fourth-order valence-electron chi connectivity index (χ4n) is 2.89. The van der Waals surface area contributed by atoms with E-state index in [1.54, 1.807) is 44.0 Å². The van der Waals surface area contributed by atoms with Gasteiger partial charge in [0.2, 0.25) is 11.8 Å². The highest BCUT2D eigenvalue weighted by atomic mass is 16.5. The van der Waals surface area contributed by atoms with Gasteiger partial charge in [0, 0.05) is 30.9 Å². The Morgan fingerprint density at radius 2 is 1.71 bits per heavy atom. The molecule has 0 saturated heterocycles. The van der Waals surface area contributed by atoms with Crippen LogP contribution in [0.2, 0.25) is 0 Å². The summed E-state index contributed by atoms with van der Waals surface area (Å²) in [6, 6.07) is 12.6. The lowest BCUT2D eigenvalue weighted by atomic mass is 10.2. The number of fused-ring (bicyclic) bond motifs is 1. The fraction of sp³-hybridized carbons (Fsp3) is 0.250. The number of methoxy groups -OCH3 is 2. The Balaban J connectivity index is 1.86. The van der Waals surface area contributed by atoms with Crippen LogP contribution in [0.1, 0.15) is 5.82 Å². The molecule has 2 N–H and O–H groups in total. The minimum absolute atomic E-state index is 0.0202. The number of aromatic nitrogens is 2. The van der Waals surface area contributed by atoms with Gasteiger partial charge in [-0.25, -0.2) is 4.98 Å². The molecule has 28 heavy (non-hydrogen) atoms. The molecule has 3 rings (SSSR count). The molecule has 0 radical (unpaired) electrons. The highest BCUT2D eigenvalue weighted by Gasteiger charge is 2.16. The van der Waals surface area contributed by atoms with Crippen LogP contribution in [0.4, 0.5) is 5.69 Å². The van der Waals surface area contributed by atoms with Crippen molar-refractivity contribution < 1.29 is 19.1 Å². The average Bonchev–Trinajstić information content (AvgIpc) is 3.04. The maximum atomic E-state index is 12.7. The first-order valence-corrected chi connectivity index (χ1v) is 8.71. The number of benzene rings is 2. The van der Waals surface area contributed by atoms with Gasteiger partial charge in [0.1, 0.15) is 23.9 Å². The lowest BCUT2D eigenvalue weighted by Crippen LogP contribution is -2.25. The van der Waals surface area contributed by atoms with E-state index in [4.69, 9.17) is 9.47 Å². The van der Waals surface area contributed by atoms with Crippen molar-refractivity contribution in [3.63, 3.8) is 0 Å². The molecule has 3 aromatic rings. The summed E-state index contributed by atoms with van der Waals surface area (Å²) < 4.78 is 12.2. The molecular formula is C20H22N4O4. The number of nitrogens with zero attached hydrogens (tertiary/aromatic N) is 2. The molecule has 0 unspecified atom stereocenters. The summed E-state index contributed by atoms with van der Waals surface area (Å²) in [5.74, 6) is 1.25. The number of carbonyl (C=O) groups is 2. The minimum atomic E-state index is -0.253. The van der Waals surface area contributed by atoms with Gasteiger partial charge in [-0.1, -0.05) is 12.1 Å². The maximum Gasteiger partial charge on any atom is 0.244 e. The molecule has 1 heterocycles. The number of anilines is 1. The number of hydrogen-bond acceptors (Lipinski definition) is 5. The summed E-state index contributed by atoms with van der Waals surface area (Å²) in [5, 5.41) is 5.42. The maximum absolute atomic E-state index is 12.7. The Labute approximate surface area is 162 Å². The third-order valence-electron chi connectivity index (χ3n) is 4.27. The Morgan fingerprint density at radius 1 is 1.04 bits per heavy atom. The minimum Gasteiger partial charge on any atom is -0.497 e. The normalized spacial score (nSPS) is 10.5. The van der Waals surface area contributed by atoms with E-state index in [1.807, 2.05) is 24.3 Å². The third kappa shape index (κ3) is 4.22. The van der Waals surface area contributed by atoms with Crippen LogP contribution in [-0.4, -0.2) is 42.6 Å². The molecule has 146 valence electrons. The van der Waals surface area contributed by atoms with Gasteiger partial charge in [-0.2, -0.15) is 0 Å². The number of rotatable bonds is 7. The largest absolute Gasteiger partial charge is 0.497 e. The van der Waals surface area contributed by atoms with Gasteiger partial charge in [0.15, 0.2) is 0 Å². The van der Waals surface area contributed by atoms with Crippen LogP contribution in [-0.2, 0) is 22.6 Å². The molecule has 0 aliphatic heterocycles. The molecule has 0 aliphatic rings. The van der Waals surface area contributed by atoms with Crippen LogP contribution in [0, 0.1) is 0 Å². The predicted molar refractivity (Wildman–Crippen MR) is 106 cm³/mol. The predicted octanol–water partition coefficient (Wildman–Crippen LogP) is 1.98. The van der Waals surface area contributed by atoms with Crippen LogP contribution >= 0.6 is 0 Å². The number of likely N-dealkylation sites (N-methyl/N-ethyl adjacent to an activating group) is 1. The Kier molecular flexibility index (Phi) is 5.78. The SMILES string of the molecule is CNC(=O)Cc1nc2ccccc2n1CC(=O)Nc1cc(OC)cc(OC)c1. The van der Waals surface area contributed by atoms with Gasteiger partial charge in [0.25, 0.3) is 0 Å². The third-order valence-corrected chi connectivity index (χ3v) is 4.27. The van der Waals surface area contributed by atoms with E-state index < -0.39 is 0 Å². The van der Waals surface area contributed by atoms with E-state index in [9.17, 15) is 9.59 Å². The Hall–Kier alpha value is -3.55. The van der Waals surface area contributed by atoms with E-state index >= 15 is 0 Å². The summed E-state index contributed by atoms with van der Waals surface area (Å²) in [6.45, 7) is 0.0202. The topological polar surface area (TPSA) is 94.5 Å². The fourth-order valence-corrected chi connectivity index (χ4v) is 2.89. The zero-order valence-corrected chi connectivity index (χ0v) is 16.0. The number of nitrogens with one attached hydrogen (secondary N) is 2. The zero-order chi connectivity index (χ0) is 20.1. The number of amides is 2. The van der Waals surface area contributed by atoms with Crippen LogP contribution in [0.25, 0.3) is 11.0 Å². The van der Waals surface area contributed by atoms with E-state index in [0.29, 0.717) is 23.0 Å². The highest BCUT2D eigenvalue weighted by molar-refractivity contribution is 5.92. The van der Waals surface area contributed by atoms with Gasteiger partial charge in [-0.3, -0.25) is 9.59 Å². The molecule has 8 heteroatoms. The number of imidazole rings is 1. The first-order valence-electron chi connectivity index (χ1n) is 8.71. The molecule has 8 nitrogen and oxygen atoms in total. The van der Waals surface area contributed by atoms with Crippen molar-refractivity contribution in [3.8, 4) is 11.5 Å². The number of para-hydroxylation sites is 2. The van der Waals surface area contributed by atoms with Crippen molar-refractivity contribution >= 4 is 28.5 Å². The molecule has 0 aliphatic carbocycles. The van der Waals surface area contributed by atoms with Crippen molar-refractivity contribution in [2.24, 2.45) is 0 Å². The summed E-state index contributed by atoms with van der Waals surface area (Å²) in [6.07, 6.45) is 0.0887. The van der Waals surface area contributed by atoms with E-state index in [0.717, 1.165) is 11.0 Å². The van der Waals surface area contributed by atoms with E-state index in [-0.39, 0.29) is 24.8 Å². The van der Waals surface area contributed by atoms with Gasteiger partial charge < -0.3 is 24.7 Å². The highest BCUT2D eigenvalue weighted by Crippen LogP contribution is 2.26. The van der Waals surface area contributed by atoms with Crippen molar-refractivity contribution in [1.82, 2.24) is 14.9 Å². The van der Waals surface area contributed by atoms with Crippen molar-refractivity contribution in [2.45, 2.75) is 13.0 Å². The number of ether oxygens (including phenoxy) is 2. The van der Waals surface area contributed by atoms with Crippen LogP contribution in [0.5, 0.6) is 11.5 Å². The first kappa shape index (κ1) is 19.2. The van der Waals surface area contributed by atoms with Crippen molar-refractivity contribution in [1.29, 1.82) is 0 Å². The number of carbonyl (C=O) groups excluding carboxylic acids is 2. The molecule has 0 atom stereocenters. The number of hydrogen-bond donors (Lipinski definition) is 2. The molecular weight excluding hydrogens is 360 g/mol. The summed E-state index contributed by atoms with van der Waals surface area (Å²) in [5.41, 5.74) is 2.08. The molecule has 2 amide bonds. The van der Waals surface area contributed by atoms with Crippen LogP contribution in [0.15, 0.2) is 42.5 Å². The van der Waals surface area contributed by atoms with Gasteiger partial charge in [-0.05, 0) is 12.1 Å². The summed E-state index contributed by atoms with van der Waals surface area (Å²) in [7, 11) is 4.66. The second-order valence-corrected chi connectivity index (χ2v) is 6.10. The second kappa shape index (κ2) is 8.43. The molecule has 1 aromatic heterocycles. The van der Waals surface area contributed by atoms with Crippen molar-refractivity contribution in [2.75, 3.05) is 26.6 Å². The van der Waals surface area contributed by atoms with Crippen LogP contribution < -0.4 is 20.1 Å². The zero-order valence-electron chi connectivity index (χ0n) is 16.0. The Bertz CT molecular complexity index is 990. The monoisotopic (exact) mass is 382 g/mol. The molecule has 2 aromatic carbocycles. The lowest BCUT2D eigenvalue weighted by Gasteiger charge is -2.12. The lowest BCUT2D eigenvalue weighted by molar-refractivity contribution is -0.120. The molecule has 0 fully saturated rings. The van der Waals surface area contributed by atoms with Gasteiger partial charge in [0.05, 0.1) is 31.7 Å². The van der Waals surface area contributed by atoms with Crippen molar-refractivity contribution in [3.05, 3.63) is 48.3 Å². The van der Waals surface area contributed by atoms with E-state index in [2.05, 4.69) is 15.6 Å². The van der Waals surface area contributed by atoms with Crippen LogP contribution in [0.3, 0.4) is 0 Å². The quantitative estimate of drug-likeness (QED) is 0.652. The first-order chi connectivity index (χ1) is 13.5. The molecule has 0 saturated carbocycles. The standard InChI is InChI=1S/C20H22N4O4/c1-21-19(25)11-18-23-16-6-4-5-7-17(16)24(18)12-20(26)22-13-8-14(27-2)10-15(9-13)28-3/h4-10H,11-12H2,1-3H3,(H,21,25)(H,22,26). The summed E-state index contributed by atoms with van der Waals surface area (Å²) in [4.78, 5) is 29.0. The second-order valence-electron chi connectivity index (χ2n) is 6.10. The van der Waals surface area contributed by atoms with Gasteiger partial charge in [-0.15, -0.1) is 0 Å². The Morgan fingerprint density at radius 3 is 2.36 bits per heavy atom. The summed E-state index contributed by atoms with van der Waals surface area (Å²) >= 11 is 0. The smallest absolute Gasteiger partial charge is 0.244 e. The molecule has 0 bridgehead atoms. The van der Waals surface area contributed by atoms with E-state index in [1.165, 1.54) is 0 Å².